The fourth-order valence-corrected chi connectivity index (χ4v) is 3.11. The zero-order valence-electron chi connectivity index (χ0n) is 11.5. The molecule has 106 valence electrons. The minimum atomic E-state index is 0.0256. The standard InChI is InChI=1S/C14H17N3OS2/c1-3-12(11-6-4-10(2)5-7-11)16-13(18)8-19-14-17-15-9-20-14/h4-7,9,12H,3,8H2,1-2H3,(H,16,18). The number of nitrogens with zero attached hydrogens (tertiary/aromatic N) is 2. The Bertz CT molecular complexity index is 540. The smallest absolute Gasteiger partial charge is 0.230 e. The maximum Gasteiger partial charge on any atom is 0.230 e. The summed E-state index contributed by atoms with van der Waals surface area (Å²) in [5, 5.41) is 10.7. The van der Waals surface area contributed by atoms with E-state index in [0.29, 0.717) is 5.75 Å². The maximum absolute atomic E-state index is 12.0. The SMILES string of the molecule is CCC(NC(=O)CSc1nncs1)c1ccc(C)cc1. The summed E-state index contributed by atoms with van der Waals surface area (Å²) in [7, 11) is 0. The van der Waals surface area contributed by atoms with Gasteiger partial charge in [-0.3, -0.25) is 4.79 Å². The Morgan fingerprint density at radius 3 is 2.75 bits per heavy atom. The van der Waals surface area contributed by atoms with E-state index in [4.69, 9.17) is 0 Å². The average Bonchev–Trinajstić information content (AvgIpc) is 2.97. The summed E-state index contributed by atoms with van der Waals surface area (Å²) in [6, 6.07) is 8.35. The van der Waals surface area contributed by atoms with E-state index in [0.717, 1.165) is 16.3 Å². The number of amides is 1. The number of nitrogens with one attached hydrogen (secondary N) is 1. The van der Waals surface area contributed by atoms with Crippen molar-refractivity contribution < 1.29 is 4.79 Å². The number of rotatable bonds is 6. The van der Waals surface area contributed by atoms with E-state index in [9.17, 15) is 4.79 Å². The predicted octanol–water partition coefficient (Wildman–Crippen LogP) is 3.21. The van der Waals surface area contributed by atoms with Crippen LogP contribution in [0.25, 0.3) is 0 Å². The first-order chi connectivity index (χ1) is 9.69. The van der Waals surface area contributed by atoms with Gasteiger partial charge in [0.25, 0.3) is 0 Å². The lowest BCUT2D eigenvalue weighted by molar-refractivity contribution is -0.119. The molecule has 1 amide bonds. The number of carbonyl (C=O) groups excluding carboxylic acids is 1. The molecule has 1 N–H and O–H groups in total. The van der Waals surface area contributed by atoms with Crippen molar-refractivity contribution >= 4 is 29.0 Å². The molecule has 1 unspecified atom stereocenters. The van der Waals surface area contributed by atoms with Crippen LogP contribution in [0.3, 0.4) is 0 Å². The molecule has 0 aliphatic heterocycles. The number of benzene rings is 1. The minimum Gasteiger partial charge on any atom is -0.349 e. The van der Waals surface area contributed by atoms with Crippen molar-refractivity contribution in [2.75, 3.05) is 5.75 Å². The lowest BCUT2D eigenvalue weighted by atomic mass is 10.0. The highest BCUT2D eigenvalue weighted by Gasteiger charge is 2.13. The van der Waals surface area contributed by atoms with Gasteiger partial charge in [0.15, 0.2) is 4.34 Å². The monoisotopic (exact) mass is 307 g/mol. The van der Waals surface area contributed by atoms with Gasteiger partial charge in [0.2, 0.25) is 5.91 Å². The second-order valence-electron chi connectivity index (χ2n) is 4.43. The van der Waals surface area contributed by atoms with Gasteiger partial charge in [0.05, 0.1) is 11.8 Å². The van der Waals surface area contributed by atoms with E-state index in [1.807, 2.05) is 0 Å². The van der Waals surface area contributed by atoms with Crippen LogP contribution in [-0.2, 0) is 4.79 Å². The van der Waals surface area contributed by atoms with E-state index in [2.05, 4.69) is 53.6 Å². The third kappa shape index (κ3) is 4.31. The second-order valence-corrected chi connectivity index (χ2v) is 6.49. The van der Waals surface area contributed by atoms with Crippen molar-refractivity contribution in [2.45, 2.75) is 30.6 Å². The molecule has 0 bridgehead atoms. The number of aromatic nitrogens is 2. The highest BCUT2D eigenvalue weighted by atomic mass is 32.2. The topological polar surface area (TPSA) is 54.9 Å². The van der Waals surface area contributed by atoms with Crippen molar-refractivity contribution in [1.82, 2.24) is 15.5 Å². The first-order valence-electron chi connectivity index (χ1n) is 6.44. The Morgan fingerprint density at radius 1 is 1.40 bits per heavy atom. The van der Waals surface area contributed by atoms with Crippen LogP contribution in [0.4, 0.5) is 0 Å². The summed E-state index contributed by atoms with van der Waals surface area (Å²) < 4.78 is 0.823. The molecule has 0 fully saturated rings. The third-order valence-electron chi connectivity index (χ3n) is 2.89. The molecule has 1 atom stereocenters. The van der Waals surface area contributed by atoms with Crippen LogP contribution in [-0.4, -0.2) is 21.9 Å². The molecule has 0 saturated heterocycles. The summed E-state index contributed by atoms with van der Waals surface area (Å²) in [4.78, 5) is 12.0. The molecular formula is C14H17N3OS2. The fraction of sp³-hybridized carbons (Fsp3) is 0.357. The van der Waals surface area contributed by atoms with Gasteiger partial charge in [0, 0.05) is 0 Å². The van der Waals surface area contributed by atoms with E-state index >= 15 is 0 Å². The molecule has 0 aliphatic carbocycles. The van der Waals surface area contributed by atoms with E-state index in [-0.39, 0.29) is 11.9 Å². The molecule has 6 heteroatoms. The molecule has 4 nitrogen and oxygen atoms in total. The second kappa shape index (κ2) is 7.40. The van der Waals surface area contributed by atoms with Gasteiger partial charge in [-0.15, -0.1) is 10.2 Å². The van der Waals surface area contributed by atoms with Crippen molar-refractivity contribution in [1.29, 1.82) is 0 Å². The van der Waals surface area contributed by atoms with Crippen LogP contribution >= 0.6 is 23.1 Å². The van der Waals surface area contributed by atoms with Gasteiger partial charge in [-0.2, -0.15) is 0 Å². The first kappa shape index (κ1) is 15.0. The largest absolute Gasteiger partial charge is 0.349 e. The third-order valence-corrected chi connectivity index (χ3v) is 4.75. The first-order valence-corrected chi connectivity index (χ1v) is 8.30. The quantitative estimate of drug-likeness (QED) is 0.833. The summed E-state index contributed by atoms with van der Waals surface area (Å²) in [6.07, 6.45) is 0.873. The maximum atomic E-state index is 12.0. The fourth-order valence-electron chi connectivity index (χ4n) is 1.81. The highest BCUT2D eigenvalue weighted by molar-refractivity contribution is 8.01. The van der Waals surface area contributed by atoms with Gasteiger partial charge >= 0.3 is 0 Å². The zero-order valence-corrected chi connectivity index (χ0v) is 13.1. The molecule has 1 aromatic carbocycles. The Morgan fingerprint density at radius 2 is 2.15 bits per heavy atom. The van der Waals surface area contributed by atoms with Crippen LogP contribution in [0.2, 0.25) is 0 Å². The molecule has 0 aliphatic rings. The van der Waals surface area contributed by atoms with Gasteiger partial charge in [-0.1, -0.05) is 59.9 Å². The molecule has 20 heavy (non-hydrogen) atoms. The van der Waals surface area contributed by atoms with Gasteiger partial charge < -0.3 is 5.32 Å². The Balaban J connectivity index is 1.89. The molecule has 0 radical (unpaired) electrons. The van der Waals surface area contributed by atoms with Crippen molar-refractivity contribution in [3.05, 3.63) is 40.9 Å². The lowest BCUT2D eigenvalue weighted by Crippen LogP contribution is -2.29. The van der Waals surface area contributed by atoms with E-state index in [1.165, 1.54) is 28.7 Å². The molecule has 2 rings (SSSR count). The van der Waals surface area contributed by atoms with Crippen LogP contribution in [0.15, 0.2) is 34.1 Å². The predicted molar refractivity (Wildman–Crippen MR) is 83.0 cm³/mol. The summed E-state index contributed by atoms with van der Waals surface area (Å²) in [5.74, 6) is 0.398. The number of hydrogen-bond donors (Lipinski definition) is 1. The van der Waals surface area contributed by atoms with Gasteiger partial charge in [-0.05, 0) is 18.9 Å². The normalized spacial score (nSPS) is 12.1. The lowest BCUT2D eigenvalue weighted by Gasteiger charge is -2.17. The van der Waals surface area contributed by atoms with Crippen LogP contribution < -0.4 is 5.32 Å². The molecular weight excluding hydrogens is 290 g/mol. The van der Waals surface area contributed by atoms with Gasteiger partial charge in [0.1, 0.15) is 5.51 Å². The summed E-state index contributed by atoms with van der Waals surface area (Å²) in [6.45, 7) is 4.13. The number of hydrogen-bond acceptors (Lipinski definition) is 5. The van der Waals surface area contributed by atoms with Crippen LogP contribution in [0, 0.1) is 6.92 Å². The molecule has 2 aromatic rings. The Hall–Kier alpha value is -1.40. The summed E-state index contributed by atoms with van der Waals surface area (Å²) in [5.41, 5.74) is 4.04. The van der Waals surface area contributed by atoms with E-state index in [1.54, 1.807) is 5.51 Å². The number of carbonyl (C=O) groups is 1. The molecule has 1 heterocycles. The van der Waals surface area contributed by atoms with Crippen LogP contribution in [0.1, 0.15) is 30.5 Å². The summed E-state index contributed by atoms with van der Waals surface area (Å²) >= 11 is 2.87. The van der Waals surface area contributed by atoms with Crippen LogP contribution in [0.5, 0.6) is 0 Å². The average molecular weight is 307 g/mol. The number of thioether (sulfide) groups is 1. The van der Waals surface area contributed by atoms with Crippen molar-refractivity contribution in [3.8, 4) is 0 Å². The van der Waals surface area contributed by atoms with Gasteiger partial charge in [-0.25, -0.2) is 0 Å². The van der Waals surface area contributed by atoms with Crippen molar-refractivity contribution in [3.63, 3.8) is 0 Å². The molecule has 0 spiro atoms. The zero-order chi connectivity index (χ0) is 14.4. The van der Waals surface area contributed by atoms with Crippen molar-refractivity contribution in [2.24, 2.45) is 0 Å². The number of aryl methyl sites for hydroxylation is 1. The van der Waals surface area contributed by atoms with E-state index < -0.39 is 0 Å². The Kier molecular flexibility index (Phi) is 5.55. The molecule has 1 aromatic heterocycles. The molecule has 0 saturated carbocycles. The highest BCUT2D eigenvalue weighted by Crippen LogP contribution is 2.20. The Labute approximate surface area is 127 Å². The minimum absolute atomic E-state index is 0.0256.